The van der Waals surface area contributed by atoms with Crippen molar-refractivity contribution in [1.82, 2.24) is 10.2 Å². The summed E-state index contributed by atoms with van der Waals surface area (Å²) in [5.41, 5.74) is 0. The van der Waals surface area contributed by atoms with Gasteiger partial charge in [-0.1, -0.05) is 0 Å². The Bertz CT molecular complexity index is 223. The van der Waals surface area contributed by atoms with Crippen molar-refractivity contribution >= 4 is 5.91 Å². The number of hydrogen-bond donors (Lipinski definition) is 2. The van der Waals surface area contributed by atoms with E-state index in [1.165, 1.54) is 0 Å². The van der Waals surface area contributed by atoms with Crippen molar-refractivity contribution in [2.24, 2.45) is 0 Å². The van der Waals surface area contributed by atoms with Crippen molar-refractivity contribution in [2.75, 3.05) is 13.1 Å². The lowest BCUT2D eigenvalue weighted by Crippen LogP contribution is -2.47. The Labute approximate surface area is 98.0 Å². The third-order valence-corrected chi connectivity index (χ3v) is 3.16. The van der Waals surface area contributed by atoms with Crippen LogP contribution in [-0.2, 0) is 4.79 Å². The van der Waals surface area contributed by atoms with Crippen LogP contribution in [0.15, 0.2) is 0 Å². The van der Waals surface area contributed by atoms with Crippen LogP contribution in [0.4, 0.5) is 0 Å². The zero-order chi connectivity index (χ0) is 12.1. The summed E-state index contributed by atoms with van der Waals surface area (Å²) in [7, 11) is 0. The zero-order valence-electron chi connectivity index (χ0n) is 10.6. The van der Waals surface area contributed by atoms with Crippen LogP contribution in [0.3, 0.4) is 0 Å². The number of likely N-dealkylation sites (tertiary alicyclic amines) is 1. The highest BCUT2D eigenvalue weighted by atomic mass is 16.3. The van der Waals surface area contributed by atoms with Crippen LogP contribution in [0.1, 0.15) is 40.0 Å². The fourth-order valence-corrected chi connectivity index (χ4v) is 2.34. The van der Waals surface area contributed by atoms with Gasteiger partial charge in [0.25, 0.3) is 0 Å². The molecule has 1 aliphatic rings. The summed E-state index contributed by atoms with van der Waals surface area (Å²) in [5, 5.41) is 12.8. The van der Waals surface area contributed by atoms with Gasteiger partial charge in [-0.05, 0) is 33.1 Å². The van der Waals surface area contributed by atoms with Crippen molar-refractivity contribution in [1.29, 1.82) is 0 Å². The maximum Gasteiger partial charge on any atom is 0.219 e. The summed E-state index contributed by atoms with van der Waals surface area (Å²) >= 11 is 0. The van der Waals surface area contributed by atoms with Crippen LogP contribution in [-0.4, -0.2) is 47.2 Å². The first-order valence-corrected chi connectivity index (χ1v) is 6.18. The molecule has 2 atom stereocenters. The minimum Gasteiger partial charge on any atom is -0.393 e. The summed E-state index contributed by atoms with van der Waals surface area (Å²) in [4.78, 5) is 13.0. The first-order chi connectivity index (χ1) is 7.49. The topological polar surface area (TPSA) is 52.6 Å². The maximum absolute atomic E-state index is 11.1. The van der Waals surface area contributed by atoms with E-state index in [1.54, 1.807) is 6.92 Å². The Morgan fingerprint density at radius 2 is 2.00 bits per heavy atom. The van der Waals surface area contributed by atoms with Gasteiger partial charge in [-0.15, -0.1) is 0 Å². The third kappa shape index (κ3) is 4.49. The van der Waals surface area contributed by atoms with E-state index in [9.17, 15) is 9.90 Å². The largest absolute Gasteiger partial charge is 0.393 e. The molecule has 16 heavy (non-hydrogen) atoms. The van der Waals surface area contributed by atoms with E-state index in [1.807, 2.05) is 11.8 Å². The molecule has 1 fully saturated rings. The summed E-state index contributed by atoms with van der Waals surface area (Å²) < 4.78 is 0. The summed E-state index contributed by atoms with van der Waals surface area (Å²) in [5.74, 6) is 0.176. The molecule has 0 aliphatic carbocycles. The van der Waals surface area contributed by atoms with Crippen LogP contribution in [0.25, 0.3) is 0 Å². The molecule has 2 N–H and O–H groups in total. The van der Waals surface area contributed by atoms with Crippen LogP contribution in [0.5, 0.6) is 0 Å². The highest BCUT2D eigenvalue weighted by Crippen LogP contribution is 2.12. The Balaban J connectivity index is 2.24. The van der Waals surface area contributed by atoms with Crippen LogP contribution in [0.2, 0.25) is 0 Å². The standard InChI is InChI=1S/C12H24N2O2/c1-9(8-10(2)15)13-12-4-6-14(7-5-12)11(3)16/h9-10,12-13,15H,4-8H2,1-3H3. The lowest BCUT2D eigenvalue weighted by molar-refractivity contribution is -0.129. The van der Waals surface area contributed by atoms with Crippen molar-refractivity contribution < 1.29 is 9.90 Å². The van der Waals surface area contributed by atoms with E-state index in [0.29, 0.717) is 12.1 Å². The predicted octanol–water partition coefficient (Wildman–Crippen LogP) is 0.746. The smallest absolute Gasteiger partial charge is 0.219 e. The number of aliphatic hydroxyl groups is 1. The van der Waals surface area contributed by atoms with Gasteiger partial charge in [0.1, 0.15) is 0 Å². The molecule has 1 amide bonds. The normalized spacial score (nSPS) is 21.9. The number of rotatable bonds is 4. The number of carbonyl (C=O) groups is 1. The minimum atomic E-state index is -0.250. The second-order valence-corrected chi connectivity index (χ2v) is 4.93. The molecular weight excluding hydrogens is 204 g/mol. The average Bonchev–Trinajstić information content (AvgIpc) is 2.16. The molecule has 4 heteroatoms. The van der Waals surface area contributed by atoms with E-state index in [-0.39, 0.29) is 12.0 Å². The van der Waals surface area contributed by atoms with Crippen LogP contribution < -0.4 is 5.32 Å². The van der Waals surface area contributed by atoms with Crippen molar-refractivity contribution in [3.05, 3.63) is 0 Å². The molecule has 2 unspecified atom stereocenters. The number of piperidine rings is 1. The quantitative estimate of drug-likeness (QED) is 0.746. The molecule has 0 aromatic rings. The third-order valence-electron chi connectivity index (χ3n) is 3.16. The highest BCUT2D eigenvalue weighted by molar-refractivity contribution is 5.73. The minimum absolute atomic E-state index is 0.176. The molecule has 0 aromatic heterocycles. The molecule has 94 valence electrons. The van der Waals surface area contributed by atoms with Gasteiger partial charge in [0.2, 0.25) is 5.91 Å². The predicted molar refractivity (Wildman–Crippen MR) is 64.2 cm³/mol. The molecule has 1 rings (SSSR count). The molecule has 0 saturated carbocycles. The van der Waals surface area contributed by atoms with Crippen LogP contribution in [0, 0.1) is 0 Å². The highest BCUT2D eigenvalue weighted by Gasteiger charge is 2.21. The molecule has 0 aromatic carbocycles. The first-order valence-electron chi connectivity index (χ1n) is 6.18. The molecule has 0 radical (unpaired) electrons. The van der Waals surface area contributed by atoms with E-state index in [2.05, 4.69) is 12.2 Å². The summed E-state index contributed by atoms with van der Waals surface area (Å²) in [6, 6.07) is 0.832. The SMILES string of the molecule is CC(=O)N1CCC(NC(C)CC(C)O)CC1. The molecule has 1 saturated heterocycles. The molecular formula is C12H24N2O2. The Hall–Kier alpha value is -0.610. The van der Waals surface area contributed by atoms with E-state index in [0.717, 1.165) is 32.4 Å². The maximum atomic E-state index is 11.1. The summed E-state index contributed by atoms with van der Waals surface area (Å²) in [6.45, 7) is 7.26. The Kier molecular flexibility index (Phi) is 5.22. The van der Waals surface area contributed by atoms with Crippen LogP contribution >= 0.6 is 0 Å². The van der Waals surface area contributed by atoms with Gasteiger partial charge in [0.15, 0.2) is 0 Å². The first kappa shape index (κ1) is 13.5. The number of amides is 1. The number of hydrogen-bond acceptors (Lipinski definition) is 3. The Morgan fingerprint density at radius 3 is 2.44 bits per heavy atom. The van der Waals surface area contributed by atoms with Crippen molar-refractivity contribution in [2.45, 2.75) is 58.2 Å². The van der Waals surface area contributed by atoms with Gasteiger partial charge in [0, 0.05) is 32.1 Å². The molecule has 0 spiro atoms. The van der Waals surface area contributed by atoms with Gasteiger partial charge >= 0.3 is 0 Å². The number of carbonyl (C=O) groups excluding carboxylic acids is 1. The fraction of sp³-hybridized carbons (Fsp3) is 0.917. The van der Waals surface area contributed by atoms with Gasteiger partial charge in [-0.25, -0.2) is 0 Å². The lowest BCUT2D eigenvalue weighted by Gasteiger charge is -2.33. The van der Waals surface area contributed by atoms with Gasteiger partial charge in [0.05, 0.1) is 6.10 Å². The number of aliphatic hydroxyl groups excluding tert-OH is 1. The fourth-order valence-electron chi connectivity index (χ4n) is 2.34. The molecule has 0 bridgehead atoms. The monoisotopic (exact) mass is 228 g/mol. The van der Waals surface area contributed by atoms with Gasteiger partial charge < -0.3 is 15.3 Å². The van der Waals surface area contributed by atoms with Gasteiger partial charge in [-0.2, -0.15) is 0 Å². The number of nitrogens with one attached hydrogen (secondary N) is 1. The lowest BCUT2D eigenvalue weighted by atomic mass is 10.0. The van der Waals surface area contributed by atoms with Crippen molar-refractivity contribution in [3.8, 4) is 0 Å². The van der Waals surface area contributed by atoms with Crippen molar-refractivity contribution in [3.63, 3.8) is 0 Å². The average molecular weight is 228 g/mol. The molecule has 1 heterocycles. The molecule has 1 aliphatic heterocycles. The second kappa shape index (κ2) is 6.21. The second-order valence-electron chi connectivity index (χ2n) is 4.93. The van der Waals surface area contributed by atoms with E-state index >= 15 is 0 Å². The van der Waals surface area contributed by atoms with E-state index in [4.69, 9.17) is 0 Å². The number of nitrogens with zero attached hydrogens (tertiary/aromatic N) is 1. The Morgan fingerprint density at radius 1 is 1.44 bits per heavy atom. The zero-order valence-corrected chi connectivity index (χ0v) is 10.6. The van der Waals surface area contributed by atoms with E-state index < -0.39 is 0 Å². The summed E-state index contributed by atoms with van der Waals surface area (Å²) in [6.07, 6.45) is 2.57. The van der Waals surface area contributed by atoms with Gasteiger partial charge in [-0.3, -0.25) is 4.79 Å². The molecule has 4 nitrogen and oxygen atoms in total.